The van der Waals surface area contributed by atoms with Crippen LogP contribution in [-0.2, 0) is 6.18 Å². The van der Waals surface area contributed by atoms with Gasteiger partial charge in [-0.15, -0.1) is 24.4 Å². The van der Waals surface area contributed by atoms with Gasteiger partial charge in [0.25, 0.3) is 0 Å². The van der Waals surface area contributed by atoms with Gasteiger partial charge in [-0.25, -0.2) is 14.4 Å². The highest BCUT2D eigenvalue weighted by Crippen LogP contribution is 2.41. The van der Waals surface area contributed by atoms with Crippen molar-refractivity contribution < 1.29 is 17.6 Å². The Bertz CT molecular complexity index is 1030. The van der Waals surface area contributed by atoms with E-state index in [1.807, 2.05) is 4.90 Å². The largest absolute Gasteiger partial charge is 0.451 e. The van der Waals surface area contributed by atoms with Crippen molar-refractivity contribution in [3.63, 3.8) is 0 Å². The summed E-state index contributed by atoms with van der Waals surface area (Å²) in [6.45, 7) is 0.579. The third-order valence-electron chi connectivity index (χ3n) is 4.45. The fourth-order valence-electron chi connectivity index (χ4n) is 3.13. The van der Waals surface area contributed by atoms with E-state index in [0.29, 0.717) is 34.0 Å². The lowest BCUT2D eigenvalue weighted by molar-refractivity contribution is -0.144. The summed E-state index contributed by atoms with van der Waals surface area (Å²) < 4.78 is 54.2. The molecule has 150 valence electrons. The molecule has 0 radical (unpaired) electrons. The van der Waals surface area contributed by atoms with E-state index in [2.05, 4.69) is 22.6 Å². The van der Waals surface area contributed by atoms with Crippen LogP contribution in [0.3, 0.4) is 0 Å². The average molecular weight is 437 g/mol. The van der Waals surface area contributed by atoms with E-state index in [0.717, 1.165) is 5.75 Å². The minimum atomic E-state index is -4.71. The van der Waals surface area contributed by atoms with Crippen molar-refractivity contribution in [2.24, 2.45) is 0 Å². The number of benzene rings is 2. The summed E-state index contributed by atoms with van der Waals surface area (Å²) in [5, 5.41) is 0. The molecule has 0 atom stereocenters. The van der Waals surface area contributed by atoms with Crippen molar-refractivity contribution in [2.45, 2.75) is 11.1 Å². The number of alkyl halides is 3. The molecule has 29 heavy (non-hydrogen) atoms. The maximum atomic E-state index is 13.6. The lowest BCUT2D eigenvalue weighted by atomic mass is 9.99. The van der Waals surface area contributed by atoms with Crippen molar-refractivity contribution in [2.75, 3.05) is 23.1 Å². The quantitative estimate of drug-likeness (QED) is 0.416. The lowest BCUT2D eigenvalue weighted by Gasteiger charge is -2.23. The van der Waals surface area contributed by atoms with Crippen LogP contribution in [0.25, 0.3) is 22.4 Å². The van der Waals surface area contributed by atoms with Gasteiger partial charge in [0.1, 0.15) is 11.6 Å². The minimum Gasteiger partial charge on any atom is -0.346 e. The predicted octanol–water partition coefficient (Wildman–Crippen LogP) is 5.77. The maximum absolute atomic E-state index is 13.6. The fraction of sp³-hybridized carbons (Fsp3) is 0.200. The van der Waals surface area contributed by atoms with Crippen LogP contribution in [0.5, 0.6) is 0 Å². The standard InChI is InChI=1S/C20H15F4N3S2/c21-14-6-4-12(5-7-14)17-16(13-2-1-3-15(28)10-13)18(27-8-9-29-11-27)26-19(25-17)20(22,23)24/h1-7,10,28H,8-9,11H2. The number of halogens is 4. The first kappa shape index (κ1) is 20.0. The van der Waals surface area contributed by atoms with Gasteiger partial charge in [0.05, 0.1) is 17.1 Å². The molecule has 1 aliphatic rings. The molecule has 0 unspecified atom stereocenters. The van der Waals surface area contributed by atoms with E-state index in [1.165, 1.54) is 24.3 Å². The number of hydrogen-bond acceptors (Lipinski definition) is 5. The summed E-state index contributed by atoms with van der Waals surface area (Å²) in [6.07, 6.45) is -4.71. The summed E-state index contributed by atoms with van der Waals surface area (Å²) in [6, 6.07) is 12.3. The first-order valence-electron chi connectivity index (χ1n) is 8.70. The summed E-state index contributed by atoms with van der Waals surface area (Å²) >= 11 is 5.98. The molecule has 0 bridgehead atoms. The van der Waals surface area contributed by atoms with E-state index >= 15 is 0 Å². The molecule has 1 fully saturated rings. The van der Waals surface area contributed by atoms with Crippen LogP contribution < -0.4 is 4.90 Å². The van der Waals surface area contributed by atoms with Crippen LogP contribution in [-0.4, -0.2) is 28.1 Å². The zero-order valence-electron chi connectivity index (χ0n) is 14.9. The van der Waals surface area contributed by atoms with Crippen LogP contribution in [0.1, 0.15) is 5.82 Å². The Labute approximate surface area is 174 Å². The molecule has 0 N–H and O–H groups in total. The summed E-state index contributed by atoms with van der Waals surface area (Å²) in [5.74, 6) is -0.146. The van der Waals surface area contributed by atoms with E-state index in [-0.39, 0.29) is 11.5 Å². The van der Waals surface area contributed by atoms with Gasteiger partial charge >= 0.3 is 6.18 Å². The molecule has 1 saturated heterocycles. The molecular weight excluding hydrogens is 422 g/mol. The molecule has 3 nitrogen and oxygen atoms in total. The summed E-state index contributed by atoms with van der Waals surface area (Å²) in [7, 11) is 0. The predicted molar refractivity (Wildman–Crippen MR) is 110 cm³/mol. The summed E-state index contributed by atoms with van der Waals surface area (Å²) in [5.41, 5.74) is 1.62. The van der Waals surface area contributed by atoms with Crippen molar-refractivity contribution in [3.05, 3.63) is 60.2 Å². The van der Waals surface area contributed by atoms with Crippen LogP contribution in [0, 0.1) is 5.82 Å². The van der Waals surface area contributed by atoms with Crippen LogP contribution in [0.4, 0.5) is 23.4 Å². The van der Waals surface area contributed by atoms with Crippen LogP contribution in [0.15, 0.2) is 53.4 Å². The second-order valence-corrected chi connectivity index (χ2v) is 8.04. The Morgan fingerprint density at radius 3 is 2.38 bits per heavy atom. The van der Waals surface area contributed by atoms with Gasteiger partial charge < -0.3 is 4.90 Å². The molecule has 1 aromatic heterocycles. The van der Waals surface area contributed by atoms with Gasteiger partial charge in [-0.2, -0.15) is 13.2 Å². The number of nitrogens with zero attached hydrogens (tertiary/aromatic N) is 3. The molecule has 0 saturated carbocycles. The average Bonchev–Trinajstić information content (AvgIpc) is 3.21. The molecule has 3 aromatic rings. The molecule has 0 amide bonds. The zero-order valence-corrected chi connectivity index (χ0v) is 16.7. The molecule has 1 aliphatic heterocycles. The first-order chi connectivity index (χ1) is 13.8. The Balaban J connectivity index is 2.04. The number of anilines is 1. The fourth-order valence-corrected chi connectivity index (χ4v) is 4.30. The van der Waals surface area contributed by atoms with Crippen LogP contribution >= 0.6 is 24.4 Å². The van der Waals surface area contributed by atoms with Gasteiger partial charge in [-0.1, -0.05) is 12.1 Å². The number of aromatic nitrogens is 2. The molecule has 0 aliphatic carbocycles. The van der Waals surface area contributed by atoms with E-state index in [1.54, 1.807) is 36.0 Å². The molecule has 4 rings (SSSR count). The maximum Gasteiger partial charge on any atom is 0.451 e. The van der Waals surface area contributed by atoms with Crippen molar-refractivity contribution in [1.29, 1.82) is 0 Å². The summed E-state index contributed by atoms with van der Waals surface area (Å²) in [4.78, 5) is 10.3. The third-order valence-corrected chi connectivity index (χ3v) is 5.69. The monoisotopic (exact) mass is 437 g/mol. The van der Waals surface area contributed by atoms with Gasteiger partial charge in [0.15, 0.2) is 0 Å². The molecular formula is C20H15F4N3S2. The van der Waals surface area contributed by atoms with Crippen molar-refractivity contribution in [3.8, 4) is 22.4 Å². The van der Waals surface area contributed by atoms with Gasteiger partial charge in [0.2, 0.25) is 5.82 Å². The first-order valence-corrected chi connectivity index (χ1v) is 10.3. The topological polar surface area (TPSA) is 29.0 Å². The van der Waals surface area contributed by atoms with Crippen molar-refractivity contribution >= 4 is 30.2 Å². The SMILES string of the molecule is Fc1ccc(-c2nc(C(F)(F)F)nc(N3CCSC3)c2-c2cccc(S)c2)cc1. The van der Waals surface area contributed by atoms with E-state index < -0.39 is 17.8 Å². The Morgan fingerprint density at radius 2 is 1.76 bits per heavy atom. The number of hydrogen-bond donors (Lipinski definition) is 1. The van der Waals surface area contributed by atoms with E-state index in [9.17, 15) is 17.6 Å². The number of rotatable bonds is 3. The highest BCUT2D eigenvalue weighted by molar-refractivity contribution is 7.99. The Hall–Kier alpha value is -2.26. The number of thioether (sulfide) groups is 1. The van der Waals surface area contributed by atoms with Crippen molar-refractivity contribution in [1.82, 2.24) is 9.97 Å². The Morgan fingerprint density at radius 1 is 1.00 bits per heavy atom. The molecule has 0 spiro atoms. The number of thiol groups is 1. The van der Waals surface area contributed by atoms with E-state index in [4.69, 9.17) is 0 Å². The normalized spacial score (nSPS) is 14.4. The third kappa shape index (κ3) is 4.20. The Kier molecular flexibility index (Phi) is 5.44. The smallest absolute Gasteiger partial charge is 0.346 e. The molecule has 2 heterocycles. The zero-order chi connectivity index (χ0) is 20.6. The highest BCUT2D eigenvalue weighted by atomic mass is 32.2. The van der Waals surface area contributed by atoms with Gasteiger partial charge in [-0.3, -0.25) is 0 Å². The second kappa shape index (κ2) is 7.87. The minimum absolute atomic E-state index is 0.109. The van der Waals surface area contributed by atoms with Gasteiger partial charge in [0, 0.05) is 22.8 Å². The lowest BCUT2D eigenvalue weighted by Crippen LogP contribution is -2.23. The van der Waals surface area contributed by atoms with Gasteiger partial charge in [-0.05, 0) is 42.0 Å². The molecule has 2 aromatic carbocycles. The highest BCUT2D eigenvalue weighted by Gasteiger charge is 2.37. The second-order valence-electron chi connectivity index (χ2n) is 6.45. The molecule has 9 heteroatoms. The van der Waals surface area contributed by atoms with Crippen LogP contribution in [0.2, 0.25) is 0 Å².